The van der Waals surface area contributed by atoms with Gasteiger partial charge in [-0.15, -0.1) is 0 Å². The topological polar surface area (TPSA) is 60.9 Å². The zero-order valence-electron chi connectivity index (χ0n) is 12.5. The van der Waals surface area contributed by atoms with Crippen LogP contribution in [-0.4, -0.2) is 14.8 Å². The summed E-state index contributed by atoms with van der Waals surface area (Å²) in [5.41, 5.74) is 1.25. The molecule has 4 rings (SSSR count). The van der Waals surface area contributed by atoms with E-state index in [-0.39, 0.29) is 12.1 Å². The minimum Gasteiger partial charge on any atom is -0.444 e. The van der Waals surface area contributed by atoms with Crippen LogP contribution in [-0.2, 0) is 6.54 Å². The molecule has 24 heavy (non-hydrogen) atoms. The Hall–Kier alpha value is -2.92. The Morgan fingerprint density at radius 3 is 2.88 bits per heavy atom. The Kier molecular flexibility index (Phi) is 3.63. The van der Waals surface area contributed by atoms with Gasteiger partial charge in [0.2, 0.25) is 5.89 Å². The molecular weight excluding hydrogens is 326 g/mol. The van der Waals surface area contributed by atoms with Gasteiger partial charge in [-0.05, 0) is 24.3 Å². The van der Waals surface area contributed by atoms with E-state index in [9.17, 15) is 4.79 Å². The molecule has 0 spiro atoms. The molecule has 2 heterocycles. The van der Waals surface area contributed by atoms with Crippen molar-refractivity contribution in [2.24, 2.45) is 0 Å². The van der Waals surface area contributed by atoms with Crippen LogP contribution in [0.4, 0.5) is 0 Å². The van der Waals surface area contributed by atoms with Gasteiger partial charge in [-0.1, -0.05) is 35.9 Å². The zero-order chi connectivity index (χ0) is 16.5. The summed E-state index contributed by atoms with van der Waals surface area (Å²) in [5.74, 6) is 0.460. The minimum atomic E-state index is -0.152. The van der Waals surface area contributed by atoms with E-state index in [1.165, 1.54) is 10.9 Å². The molecule has 0 radical (unpaired) electrons. The fourth-order valence-electron chi connectivity index (χ4n) is 2.53. The summed E-state index contributed by atoms with van der Waals surface area (Å²) in [6, 6.07) is 14.6. The second-order valence-corrected chi connectivity index (χ2v) is 5.79. The van der Waals surface area contributed by atoms with Gasteiger partial charge in [-0.2, -0.15) is 5.10 Å². The second kappa shape index (κ2) is 5.94. The van der Waals surface area contributed by atoms with E-state index in [0.717, 1.165) is 10.9 Å². The molecule has 0 saturated carbocycles. The minimum absolute atomic E-state index is 0.152. The highest BCUT2D eigenvalue weighted by atomic mass is 35.5. The predicted molar refractivity (Wildman–Crippen MR) is 92.1 cm³/mol. The highest BCUT2D eigenvalue weighted by Crippen LogP contribution is 2.22. The van der Waals surface area contributed by atoms with E-state index in [2.05, 4.69) is 10.1 Å². The molecule has 0 bridgehead atoms. The van der Waals surface area contributed by atoms with E-state index in [4.69, 9.17) is 16.0 Å². The monoisotopic (exact) mass is 337 g/mol. The molecule has 0 unspecified atom stereocenters. The lowest BCUT2D eigenvalue weighted by Gasteiger charge is -2.03. The highest BCUT2D eigenvalue weighted by molar-refractivity contribution is 6.30. The molecule has 0 saturated heterocycles. The van der Waals surface area contributed by atoms with Crippen molar-refractivity contribution in [3.05, 3.63) is 82.1 Å². The summed E-state index contributed by atoms with van der Waals surface area (Å²) in [7, 11) is 0. The first-order valence-electron chi connectivity index (χ1n) is 7.36. The first-order valence-corrected chi connectivity index (χ1v) is 7.74. The number of rotatable bonds is 3. The number of oxazole rings is 1. The Labute approximate surface area is 142 Å². The predicted octanol–water partition coefficient (Wildman–Crippen LogP) is 3.75. The molecule has 0 N–H and O–H groups in total. The van der Waals surface area contributed by atoms with Crippen molar-refractivity contribution in [2.45, 2.75) is 6.54 Å². The van der Waals surface area contributed by atoms with Crippen molar-refractivity contribution in [3.8, 4) is 11.5 Å². The van der Waals surface area contributed by atoms with Crippen LogP contribution < -0.4 is 5.56 Å². The standard InChI is InChI=1S/C18H12ClN3O2/c19-14-6-3-5-12(8-14)17-21-15(11-24-17)10-22-18(23)16-7-2-1-4-13(16)9-20-22/h1-9,11H,10H2. The molecule has 0 atom stereocenters. The van der Waals surface area contributed by atoms with Crippen LogP contribution in [0.1, 0.15) is 5.69 Å². The third kappa shape index (κ3) is 2.70. The van der Waals surface area contributed by atoms with E-state index < -0.39 is 0 Å². The summed E-state index contributed by atoms with van der Waals surface area (Å²) >= 11 is 5.98. The molecular formula is C18H12ClN3O2. The van der Waals surface area contributed by atoms with Crippen molar-refractivity contribution < 1.29 is 4.42 Å². The van der Waals surface area contributed by atoms with Gasteiger partial charge in [-0.3, -0.25) is 4.79 Å². The first kappa shape index (κ1) is 14.7. The zero-order valence-corrected chi connectivity index (χ0v) is 13.3. The van der Waals surface area contributed by atoms with Crippen molar-refractivity contribution >= 4 is 22.4 Å². The van der Waals surface area contributed by atoms with Crippen molar-refractivity contribution in [1.82, 2.24) is 14.8 Å². The number of nitrogens with zero attached hydrogens (tertiary/aromatic N) is 3. The van der Waals surface area contributed by atoms with Gasteiger partial charge in [0.15, 0.2) is 0 Å². The fourth-order valence-corrected chi connectivity index (χ4v) is 2.72. The molecule has 6 heteroatoms. The molecule has 0 aliphatic heterocycles. The van der Waals surface area contributed by atoms with Crippen LogP contribution in [0.2, 0.25) is 5.02 Å². The number of hydrogen-bond acceptors (Lipinski definition) is 4. The molecule has 4 aromatic rings. The van der Waals surface area contributed by atoms with Crippen LogP contribution in [0, 0.1) is 0 Å². The van der Waals surface area contributed by atoms with Crippen LogP contribution in [0.15, 0.2) is 70.2 Å². The summed E-state index contributed by atoms with van der Waals surface area (Å²) in [6.45, 7) is 0.244. The quantitative estimate of drug-likeness (QED) is 0.571. The van der Waals surface area contributed by atoms with Crippen molar-refractivity contribution in [1.29, 1.82) is 0 Å². The van der Waals surface area contributed by atoms with E-state index in [1.807, 2.05) is 30.3 Å². The van der Waals surface area contributed by atoms with Crippen LogP contribution in [0.25, 0.3) is 22.2 Å². The summed E-state index contributed by atoms with van der Waals surface area (Å²) in [4.78, 5) is 16.9. The lowest BCUT2D eigenvalue weighted by atomic mass is 10.2. The van der Waals surface area contributed by atoms with Crippen LogP contribution in [0.5, 0.6) is 0 Å². The summed E-state index contributed by atoms with van der Waals surface area (Å²) < 4.78 is 6.87. The average molecular weight is 338 g/mol. The van der Waals surface area contributed by atoms with E-state index in [1.54, 1.807) is 24.4 Å². The van der Waals surface area contributed by atoms with Crippen LogP contribution >= 0.6 is 11.6 Å². The summed E-state index contributed by atoms with van der Waals surface area (Å²) in [5, 5.41) is 6.26. The maximum atomic E-state index is 12.5. The third-order valence-corrected chi connectivity index (χ3v) is 3.93. The highest BCUT2D eigenvalue weighted by Gasteiger charge is 2.10. The van der Waals surface area contributed by atoms with Crippen molar-refractivity contribution in [2.75, 3.05) is 0 Å². The number of benzene rings is 2. The van der Waals surface area contributed by atoms with Gasteiger partial charge in [0.1, 0.15) is 12.0 Å². The summed E-state index contributed by atoms with van der Waals surface area (Å²) in [6.07, 6.45) is 3.20. The van der Waals surface area contributed by atoms with Gasteiger partial charge >= 0.3 is 0 Å². The molecule has 0 aliphatic rings. The first-order chi connectivity index (χ1) is 11.7. The third-order valence-electron chi connectivity index (χ3n) is 3.70. The second-order valence-electron chi connectivity index (χ2n) is 5.35. The number of hydrogen-bond donors (Lipinski definition) is 0. The molecule has 2 aromatic carbocycles. The maximum Gasteiger partial charge on any atom is 0.274 e. The maximum absolute atomic E-state index is 12.5. The Bertz CT molecular complexity index is 1080. The SMILES string of the molecule is O=c1c2ccccc2cnn1Cc1coc(-c2cccc(Cl)c2)n1. The number of fused-ring (bicyclic) bond motifs is 1. The lowest BCUT2D eigenvalue weighted by molar-refractivity contribution is 0.568. The van der Waals surface area contributed by atoms with Crippen molar-refractivity contribution in [3.63, 3.8) is 0 Å². The van der Waals surface area contributed by atoms with Gasteiger partial charge in [0.25, 0.3) is 5.56 Å². The molecule has 0 amide bonds. The average Bonchev–Trinajstić information content (AvgIpc) is 3.06. The molecule has 0 fully saturated rings. The Morgan fingerprint density at radius 2 is 2.00 bits per heavy atom. The van der Waals surface area contributed by atoms with Gasteiger partial charge in [0.05, 0.1) is 18.1 Å². The van der Waals surface area contributed by atoms with E-state index in [0.29, 0.717) is 22.0 Å². The normalized spacial score (nSPS) is 11.0. The largest absolute Gasteiger partial charge is 0.444 e. The van der Waals surface area contributed by atoms with Gasteiger partial charge < -0.3 is 4.42 Å². The Morgan fingerprint density at radius 1 is 1.12 bits per heavy atom. The van der Waals surface area contributed by atoms with Gasteiger partial charge in [0, 0.05) is 16.0 Å². The van der Waals surface area contributed by atoms with E-state index >= 15 is 0 Å². The molecule has 0 aliphatic carbocycles. The molecule has 118 valence electrons. The smallest absolute Gasteiger partial charge is 0.274 e. The van der Waals surface area contributed by atoms with Gasteiger partial charge in [-0.25, -0.2) is 9.67 Å². The number of halogens is 1. The van der Waals surface area contributed by atoms with Crippen LogP contribution in [0.3, 0.4) is 0 Å². The molecule has 5 nitrogen and oxygen atoms in total. The fraction of sp³-hybridized carbons (Fsp3) is 0.0556. The number of aromatic nitrogens is 3. The Balaban J connectivity index is 1.67. The molecule has 2 aromatic heterocycles. The lowest BCUT2D eigenvalue weighted by Crippen LogP contribution is -2.23.